The Balaban J connectivity index is 1.47. The van der Waals surface area contributed by atoms with E-state index in [2.05, 4.69) is 17.9 Å². The number of thioether (sulfide) groups is 1. The van der Waals surface area contributed by atoms with E-state index in [0.717, 1.165) is 49.1 Å². The minimum absolute atomic E-state index is 0.103. The summed E-state index contributed by atoms with van der Waals surface area (Å²) < 4.78 is 0. The maximum absolute atomic E-state index is 12.4. The normalized spacial score (nSPS) is 20.2. The molecule has 0 aliphatic carbocycles. The van der Waals surface area contributed by atoms with Crippen LogP contribution in [0.15, 0.2) is 24.3 Å². The Kier molecular flexibility index (Phi) is 6.25. The second-order valence-corrected chi connectivity index (χ2v) is 7.92. The Morgan fingerprint density at radius 3 is 2.56 bits per heavy atom. The van der Waals surface area contributed by atoms with Gasteiger partial charge in [0.05, 0.1) is 0 Å². The molecule has 2 heterocycles. The van der Waals surface area contributed by atoms with E-state index in [9.17, 15) is 9.59 Å². The lowest BCUT2D eigenvalue weighted by Crippen LogP contribution is -2.49. The number of benzene rings is 1. The van der Waals surface area contributed by atoms with Gasteiger partial charge >= 0.3 is 0 Å². The van der Waals surface area contributed by atoms with Gasteiger partial charge in [0, 0.05) is 62.5 Å². The first-order valence-electron chi connectivity index (χ1n) is 8.74. The van der Waals surface area contributed by atoms with Crippen LogP contribution < -0.4 is 0 Å². The molecule has 1 unspecified atom stereocenters. The topological polar surface area (TPSA) is 43.9 Å². The van der Waals surface area contributed by atoms with Gasteiger partial charge in [0.1, 0.15) is 0 Å². The highest BCUT2D eigenvalue weighted by Gasteiger charge is 2.27. The first-order chi connectivity index (χ1) is 12.1. The van der Waals surface area contributed by atoms with Crippen molar-refractivity contribution in [1.82, 2.24) is 14.7 Å². The van der Waals surface area contributed by atoms with E-state index in [0.29, 0.717) is 13.0 Å². The fraction of sp³-hybridized carbons (Fsp3) is 0.556. The Morgan fingerprint density at radius 2 is 1.92 bits per heavy atom. The summed E-state index contributed by atoms with van der Waals surface area (Å²) >= 11 is 7.65. The van der Waals surface area contributed by atoms with E-state index in [1.807, 2.05) is 23.1 Å². The van der Waals surface area contributed by atoms with Crippen LogP contribution in [0.2, 0.25) is 5.02 Å². The van der Waals surface area contributed by atoms with Gasteiger partial charge in [0.2, 0.25) is 5.91 Å². The van der Waals surface area contributed by atoms with Crippen molar-refractivity contribution >= 4 is 34.5 Å². The Bertz CT molecular complexity index is 635. The van der Waals surface area contributed by atoms with Crippen LogP contribution in [0.3, 0.4) is 0 Å². The highest BCUT2D eigenvalue weighted by atomic mass is 35.5. The lowest BCUT2D eigenvalue weighted by Gasteiger charge is -2.38. The van der Waals surface area contributed by atoms with Crippen molar-refractivity contribution in [3.05, 3.63) is 34.9 Å². The van der Waals surface area contributed by atoms with Crippen LogP contribution >= 0.6 is 23.4 Å². The van der Waals surface area contributed by atoms with Gasteiger partial charge in [-0.15, -0.1) is 0 Å². The average molecular weight is 382 g/mol. The molecule has 2 fully saturated rings. The largest absolute Gasteiger partial charge is 0.340 e. The summed E-state index contributed by atoms with van der Waals surface area (Å²) in [5, 5.41) is 0.896. The molecule has 0 spiro atoms. The van der Waals surface area contributed by atoms with Crippen LogP contribution in [0.5, 0.6) is 0 Å². The van der Waals surface area contributed by atoms with Crippen LogP contribution in [-0.4, -0.2) is 70.9 Å². The fourth-order valence-electron chi connectivity index (χ4n) is 3.39. The molecule has 0 bridgehead atoms. The molecule has 2 aliphatic rings. The van der Waals surface area contributed by atoms with Crippen molar-refractivity contribution in [2.75, 3.05) is 45.0 Å². The minimum Gasteiger partial charge on any atom is -0.340 e. The molecule has 1 atom stereocenters. The molecule has 7 heteroatoms. The number of carbonyl (C=O) groups is 2. The Hall–Kier alpha value is -1.24. The van der Waals surface area contributed by atoms with Crippen molar-refractivity contribution in [3.8, 4) is 0 Å². The maximum atomic E-state index is 12.4. The summed E-state index contributed by atoms with van der Waals surface area (Å²) in [6.07, 6.45) is 0.423. The van der Waals surface area contributed by atoms with Gasteiger partial charge in [-0.3, -0.25) is 14.5 Å². The monoisotopic (exact) mass is 381 g/mol. The second-order valence-electron chi connectivity index (χ2n) is 6.47. The molecule has 0 radical (unpaired) electrons. The summed E-state index contributed by atoms with van der Waals surface area (Å²) in [6, 6.07) is 8.18. The number of rotatable bonds is 5. The summed E-state index contributed by atoms with van der Waals surface area (Å²) in [4.78, 5) is 30.1. The Labute approximate surface area is 158 Å². The van der Waals surface area contributed by atoms with Crippen molar-refractivity contribution in [2.45, 2.75) is 19.4 Å². The van der Waals surface area contributed by atoms with Gasteiger partial charge < -0.3 is 9.80 Å². The van der Waals surface area contributed by atoms with Gasteiger partial charge in [-0.25, -0.2) is 0 Å². The molecular weight excluding hydrogens is 358 g/mol. The number of nitrogens with zero attached hydrogens (tertiary/aromatic N) is 3. The number of carbonyl (C=O) groups excluding carboxylic acids is 2. The lowest BCUT2D eigenvalue weighted by atomic mass is 10.1. The predicted molar refractivity (Wildman–Crippen MR) is 102 cm³/mol. The fourth-order valence-corrected chi connectivity index (χ4v) is 4.53. The lowest BCUT2D eigenvalue weighted by molar-refractivity contribution is -0.133. The standard InChI is InChI=1S/C18H24ClN3O2S/c1-14(15-4-2-3-5-16(15)19)20-8-10-21(11-9-20)17(23)6-7-22-12-13-25-18(22)24/h2-5,14H,6-13H2,1H3. The molecule has 0 aromatic heterocycles. The molecule has 0 N–H and O–H groups in total. The van der Waals surface area contributed by atoms with Crippen LogP contribution in [0.1, 0.15) is 24.9 Å². The average Bonchev–Trinajstić information content (AvgIpc) is 3.04. The third kappa shape index (κ3) is 4.49. The van der Waals surface area contributed by atoms with Crippen molar-refractivity contribution < 1.29 is 9.59 Å². The van der Waals surface area contributed by atoms with E-state index >= 15 is 0 Å². The molecular formula is C18H24ClN3O2S. The number of hydrogen-bond acceptors (Lipinski definition) is 4. The minimum atomic E-state index is 0.103. The highest BCUT2D eigenvalue weighted by molar-refractivity contribution is 8.13. The van der Waals surface area contributed by atoms with E-state index in [4.69, 9.17) is 11.6 Å². The van der Waals surface area contributed by atoms with Gasteiger partial charge in [-0.2, -0.15) is 0 Å². The van der Waals surface area contributed by atoms with Crippen LogP contribution in [-0.2, 0) is 4.79 Å². The third-order valence-electron chi connectivity index (χ3n) is 5.01. The van der Waals surface area contributed by atoms with Gasteiger partial charge in [-0.05, 0) is 18.6 Å². The molecule has 0 saturated carbocycles. The number of hydrogen-bond donors (Lipinski definition) is 0. The molecule has 25 heavy (non-hydrogen) atoms. The van der Waals surface area contributed by atoms with Gasteiger partial charge in [-0.1, -0.05) is 41.6 Å². The molecule has 2 saturated heterocycles. The quantitative estimate of drug-likeness (QED) is 0.786. The first kappa shape index (κ1) is 18.5. The van der Waals surface area contributed by atoms with Crippen molar-refractivity contribution in [2.24, 2.45) is 0 Å². The molecule has 1 aromatic rings. The van der Waals surface area contributed by atoms with Crippen LogP contribution in [0.4, 0.5) is 4.79 Å². The molecule has 3 rings (SSSR count). The second kappa shape index (κ2) is 8.43. The molecule has 5 nitrogen and oxygen atoms in total. The van der Waals surface area contributed by atoms with Crippen molar-refractivity contribution in [3.63, 3.8) is 0 Å². The zero-order chi connectivity index (χ0) is 17.8. The summed E-state index contributed by atoms with van der Waals surface area (Å²) in [6.45, 7) is 6.62. The first-order valence-corrected chi connectivity index (χ1v) is 10.1. The molecule has 1 aromatic carbocycles. The van der Waals surface area contributed by atoms with Crippen LogP contribution in [0, 0.1) is 0 Å². The van der Waals surface area contributed by atoms with E-state index in [1.165, 1.54) is 11.8 Å². The SMILES string of the molecule is CC(c1ccccc1Cl)N1CCN(C(=O)CCN2CCSC2=O)CC1. The molecule has 136 valence electrons. The zero-order valence-corrected chi connectivity index (χ0v) is 16.1. The van der Waals surface area contributed by atoms with Crippen LogP contribution in [0.25, 0.3) is 0 Å². The van der Waals surface area contributed by atoms with E-state index < -0.39 is 0 Å². The molecule has 2 aliphatic heterocycles. The third-order valence-corrected chi connectivity index (χ3v) is 6.25. The predicted octanol–water partition coefficient (Wildman–Crippen LogP) is 3.10. The van der Waals surface area contributed by atoms with E-state index in [-0.39, 0.29) is 17.2 Å². The van der Waals surface area contributed by atoms with E-state index in [1.54, 1.807) is 4.90 Å². The summed E-state index contributed by atoms with van der Waals surface area (Å²) in [7, 11) is 0. The molecule has 2 amide bonds. The van der Waals surface area contributed by atoms with Gasteiger partial charge in [0.25, 0.3) is 5.24 Å². The number of piperazine rings is 1. The summed E-state index contributed by atoms with van der Waals surface area (Å²) in [5.41, 5.74) is 1.13. The smallest absolute Gasteiger partial charge is 0.281 e. The zero-order valence-electron chi connectivity index (χ0n) is 14.5. The Morgan fingerprint density at radius 1 is 1.20 bits per heavy atom. The van der Waals surface area contributed by atoms with Crippen molar-refractivity contribution in [1.29, 1.82) is 0 Å². The van der Waals surface area contributed by atoms with Gasteiger partial charge in [0.15, 0.2) is 0 Å². The number of halogens is 1. The summed E-state index contributed by atoms with van der Waals surface area (Å²) in [5.74, 6) is 0.987. The number of amides is 2. The highest BCUT2D eigenvalue weighted by Crippen LogP contribution is 2.27. The maximum Gasteiger partial charge on any atom is 0.281 e.